The Morgan fingerprint density at radius 3 is 1.89 bits per heavy atom. The van der Waals surface area contributed by atoms with E-state index in [0.717, 1.165) is 20.7 Å². The van der Waals surface area contributed by atoms with Crippen LogP contribution >= 0.6 is 0 Å². The average Bonchev–Trinajstić information content (AvgIpc) is 3.31. The summed E-state index contributed by atoms with van der Waals surface area (Å²) in [7, 11) is -8.33. The molecule has 0 atom stereocenters. The molecule has 0 amide bonds. The summed E-state index contributed by atoms with van der Waals surface area (Å²) in [6.45, 7) is 0.0182. The molecule has 5 rings (SSSR count). The number of para-hydroxylation sites is 1. The summed E-state index contributed by atoms with van der Waals surface area (Å²) in [5.41, 5.74) is 3.13. The van der Waals surface area contributed by atoms with Crippen LogP contribution in [-0.4, -0.2) is 20.8 Å². The molecule has 0 unspecified atom stereocenters. The second-order valence-electron chi connectivity index (χ2n) is 8.01. The zero-order chi connectivity index (χ0) is 24.5. The molecule has 0 radical (unpaired) electrons. The van der Waals surface area contributed by atoms with Crippen LogP contribution in [0.1, 0.15) is 5.56 Å². The van der Waals surface area contributed by atoms with Gasteiger partial charge in [0, 0.05) is 11.9 Å². The van der Waals surface area contributed by atoms with Crippen molar-refractivity contribution in [1.82, 2.24) is 8.69 Å². The average molecular weight is 503 g/mol. The fourth-order valence-electron chi connectivity index (χ4n) is 3.94. The third kappa shape index (κ3) is 4.51. The first-order valence-electron chi connectivity index (χ1n) is 10.9. The van der Waals surface area contributed by atoms with E-state index >= 15 is 0 Å². The molecule has 176 valence electrons. The molecule has 0 aliphatic carbocycles. The SMILES string of the molecule is O=S(=O)(NCc1ccc(-c2ccccc2)cc1)c1cc2ccccc2n1S(=O)(=O)c1ccccc1. The van der Waals surface area contributed by atoms with Gasteiger partial charge in [-0.05, 0) is 41.0 Å². The van der Waals surface area contributed by atoms with Crippen LogP contribution in [0.15, 0.2) is 125 Å². The normalized spacial score (nSPS) is 12.1. The van der Waals surface area contributed by atoms with Crippen molar-refractivity contribution in [2.45, 2.75) is 16.5 Å². The lowest BCUT2D eigenvalue weighted by Crippen LogP contribution is -2.27. The van der Waals surface area contributed by atoms with Crippen LogP contribution in [0.25, 0.3) is 22.0 Å². The van der Waals surface area contributed by atoms with Gasteiger partial charge < -0.3 is 0 Å². The van der Waals surface area contributed by atoms with Gasteiger partial charge in [0.2, 0.25) is 0 Å². The van der Waals surface area contributed by atoms with Crippen molar-refractivity contribution < 1.29 is 16.8 Å². The maximum Gasteiger partial charge on any atom is 0.269 e. The third-order valence-electron chi connectivity index (χ3n) is 5.72. The van der Waals surface area contributed by atoms with Gasteiger partial charge in [-0.15, -0.1) is 0 Å². The van der Waals surface area contributed by atoms with E-state index in [2.05, 4.69) is 4.72 Å². The first-order chi connectivity index (χ1) is 16.9. The molecule has 1 aromatic heterocycles. The second-order valence-corrected chi connectivity index (χ2v) is 11.5. The fourth-order valence-corrected chi connectivity index (χ4v) is 7.05. The Morgan fingerprint density at radius 2 is 1.20 bits per heavy atom. The number of benzene rings is 4. The molecule has 0 aliphatic rings. The predicted molar refractivity (Wildman–Crippen MR) is 137 cm³/mol. The molecule has 0 aliphatic heterocycles. The van der Waals surface area contributed by atoms with Gasteiger partial charge in [-0.3, -0.25) is 0 Å². The summed E-state index contributed by atoms with van der Waals surface area (Å²) >= 11 is 0. The fraction of sp³-hybridized carbons (Fsp3) is 0.0370. The molecule has 6 nitrogen and oxygen atoms in total. The second kappa shape index (κ2) is 9.14. The summed E-state index contributed by atoms with van der Waals surface area (Å²) in [6, 6.07) is 33.3. The lowest BCUT2D eigenvalue weighted by atomic mass is 10.0. The smallest absolute Gasteiger partial charge is 0.221 e. The number of hydrogen-bond donors (Lipinski definition) is 1. The molecule has 0 bridgehead atoms. The predicted octanol–water partition coefficient (Wildman–Crippen LogP) is 5.02. The molecular weight excluding hydrogens is 480 g/mol. The van der Waals surface area contributed by atoms with Crippen LogP contribution in [0.4, 0.5) is 0 Å². The Bertz CT molecular complexity index is 1690. The number of sulfonamides is 1. The van der Waals surface area contributed by atoms with Crippen molar-refractivity contribution in [3.05, 3.63) is 121 Å². The first kappa shape index (κ1) is 23.0. The van der Waals surface area contributed by atoms with Crippen LogP contribution in [0, 0.1) is 0 Å². The molecule has 35 heavy (non-hydrogen) atoms. The van der Waals surface area contributed by atoms with E-state index in [1.807, 2.05) is 54.6 Å². The highest BCUT2D eigenvalue weighted by atomic mass is 32.2. The van der Waals surface area contributed by atoms with Crippen LogP contribution < -0.4 is 4.72 Å². The van der Waals surface area contributed by atoms with Crippen LogP contribution in [0.2, 0.25) is 0 Å². The summed E-state index contributed by atoms with van der Waals surface area (Å²) in [5, 5.41) is 0.183. The van der Waals surface area contributed by atoms with E-state index in [-0.39, 0.29) is 16.5 Å². The molecule has 1 N–H and O–H groups in total. The molecular formula is C27H22N2O4S2. The first-order valence-corrected chi connectivity index (χ1v) is 13.8. The molecule has 8 heteroatoms. The highest BCUT2D eigenvalue weighted by molar-refractivity contribution is 7.92. The van der Waals surface area contributed by atoms with Gasteiger partial charge in [0.15, 0.2) is 5.03 Å². The standard InChI is InChI=1S/C27H22N2O4S2/c30-34(31,28-20-21-15-17-23(18-16-21)22-9-3-1-4-10-22)27-19-24-11-7-8-14-26(24)29(27)35(32,33)25-12-5-2-6-13-25/h1-19,28H,20H2. The Balaban J connectivity index is 1.49. The lowest BCUT2D eigenvalue weighted by Gasteiger charge is -2.13. The van der Waals surface area contributed by atoms with Gasteiger partial charge in [-0.2, -0.15) is 0 Å². The van der Waals surface area contributed by atoms with E-state index in [1.165, 1.54) is 18.2 Å². The van der Waals surface area contributed by atoms with Crippen molar-refractivity contribution in [1.29, 1.82) is 0 Å². The van der Waals surface area contributed by atoms with Gasteiger partial charge in [-0.25, -0.2) is 25.5 Å². The van der Waals surface area contributed by atoms with E-state index in [1.54, 1.807) is 42.5 Å². The van der Waals surface area contributed by atoms with E-state index < -0.39 is 20.0 Å². The highest BCUT2D eigenvalue weighted by Gasteiger charge is 2.29. The largest absolute Gasteiger partial charge is 0.269 e. The number of nitrogens with one attached hydrogen (secondary N) is 1. The topological polar surface area (TPSA) is 85.2 Å². The monoisotopic (exact) mass is 502 g/mol. The Hall–Kier alpha value is -3.72. The summed E-state index contributed by atoms with van der Waals surface area (Å²) < 4.78 is 57.2. The lowest BCUT2D eigenvalue weighted by molar-refractivity contribution is 0.565. The molecule has 4 aromatic carbocycles. The van der Waals surface area contributed by atoms with Crippen LogP contribution in [0.5, 0.6) is 0 Å². The number of fused-ring (bicyclic) bond motifs is 1. The minimum absolute atomic E-state index is 0.00861. The van der Waals surface area contributed by atoms with Gasteiger partial charge >= 0.3 is 0 Å². The quantitative estimate of drug-likeness (QED) is 0.339. The van der Waals surface area contributed by atoms with Crippen LogP contribution in [0.3, 0.4) is 0 Å². The zero-order valence-corrected chi connectivity index (χ0v) is 20.2. The van der Waals surface area contributed by atoms with Crippen LogP contribution in [-0.2, 0) is 26.6 Å². The molecule has 0 spiro atoms. The number of hydrogen-bond acceptors (Lipinski definition) is 4. The number of aromatic nitrogens is 1. The summed E-state index contributed by atoms with van der Waals surface area (Å²) in [4.78, 5) is 0.00861. The number of rotatable bonds is 7. The van der Waals surface area contributed by atoms with Gasteiger partial charge in [-0.1, -0.05) is 91.0 Å². The minimum Gasteiger partial charge on any atom is -0.221 e. The van der Waals surface area contributed by atoms with Crippen molar-refractivity contribution in [2.75, 3.05) is 0 Å². The van der Waals surface area contributed by atoms with Crippen molar-refractivity contribution in [3.63, 3.8) is 0 Å². The van der Waals surface area contributed by atoms with Gasteiger partial charge in [0.1, 0.15) is 0 Å². The number of nitrogens with zero attached hydrogens (tertiary/aromatic N) is 1. The maximum atomic E-state index is 13.5. The molecule has 1 heterocycles. The van der Waals surface area contributed by atoms with E-state index in [9.17, 15) is 16.8 Å². The molecule has 0 saturated heterocycles. The molecule has 0 saturated carbocycles. The third-order valence-corrected chi connectivity index (χ3v) is 8.95. The minimum atomic E-state index is -4.17. The molecule has 0 fully saturated rings. The van der Waals surface area contributed by atoms with E-state index in [0.29, 0.717) is 10.9 Å². The highest BCUT2D eigenvalue weighted by Crippen LogP contribution is 2.28. The summed E-state index contributed by atoms with van der Waals surface area (Å²) in [5.74, 6) is 0. The zero-order valence-electron chi connectivity index (χ0n) is 18.6. The van der Waals surface area contributed by atoms with Crippen molar-refractivity contribution in [2.24, 2.45) is 0 Å². The van der Waals surface area contributed by atoms with Crippen molar-refractivity contribution in [3.8, 4) is 11.1 Å². The van der Waals surface area contributed by atoms with Gasteiger partial charge in [0.05, 0.1) is 10.4 Å². The Kier molecular flexibility index (Phi) is 6.02. The molecule has 5 aromatic rings. The maximum absolute atomic E-state index is 13.5. The van der Waals surface area contributed by atoms with E-state index in [4.69, 9.17) is 0 Å². The summed E-state index contributed by atoms with van der Waals surface area (Å²) in [6.07, 6.45) is 0. The van der Waals surface area contributed by atoms with Gasteiger partial charge in [0.25, 0.3) is 20.0 Å². The van der Waals surface area contributed by atoms with Crippen molar-refractivity contribution >= 4 is 30.9 Å². The Labute approximate surface area is 204 Å². The Morgan fingerprint density at radius 1 is 0.629 bits per heavy atom.